The smallest absolute Gasteiger partial charge is 0.211 e. The van der Waals surface area contributed by atoms with E-state index in [-0.39, 0.29) is 0 Å². The molecule has 106 valence electrons. The molecule has 0 spiro atoms. The fourth-order valence-corrected chi connectivity index (χ4v) is 3.67. The molecular formula is C17H16N2O2. The molecule has 3 saturated heterocycles. The van der Waals surface area contributed by atoms with Crippen LogP contribution in [0.25, 0.3) is 0 Å². The molecule has 0 amide bonds. The zero-order valence-electron chi connectivity index (χ0n) is 12.0. The first-order chi connectivity index (χ1) is 10.1. The lowest BCUT2D eigenvalue weighted by Gasteiger charge is -2.32. The van der Waals surface area contributed by atoms with Crippen molar-refractivity contribution in [3.05, 3.63) is 71.8 Å². The maximum absolute atomic E-state index is 5.99. The van der Waals surface area contributed by atoms with Crippen LogP contribution >= 0.6 is 0 Å². The summed E-state index contributed by atoms with van der Waals surface area (Å²) in [6.45, 7) is 4.17. The predicted octanol–water partition coefficient (Wildman–Crippen LogP) is 2.83. The van der Waals surface area contributed by atoms with Crippen LogP contribution in [0.4, 0.5) is 0 Å². The molecule has 0 aromatic heterocycles. The number of fused-ring (bicyclic) bond motifs is 3. The minimum absolute atomic E-state index is 0.390. The molecule has 4 unspecified atom stereocenters. The summed E-state index contributed by atoms with van der Waals surface area (Å²) in [5.41, 5.74) is 1.02. The first kappa shape index (κ1) is 11.9. The van der Waals surface area contributed by atoms with Crippen LogP contribution in [0.1, 0.15) is 25.0 Å². The van der Waals surface area contributed by atoms with Gasteiger partial charge in [0.25, 0.3) is 0 Å². The predicted molar refractivity (Wildman–Crippen MR) is 76.3 cm³/mol. The SMILES string of the molecule is CC12ON1C(c1ccccc1)(c1ccccc1)N1OC12C. The highest BCUT2D eigenvalue weighted by Gasteiger charge is 2.92. The fraction of sp³-hybridized carbons (Fsp3) is 0.294. The van der Waals surface area contributed by atoms with Crippen molar-refractivity contribution in [3.8, 4) is 0 Å². The van der Waals surface area contributed by atoms with Gasteiger partial charge in [0.1, 0.15) is 0 Å². The van der Waals surface area contributed by atoms with Crippen LogP contribution in [0, 0.1) is 0 Å². The molecule has 4 heteroatoms. The van der Waals surface area contributed by atoms with E-state index in [2.05, 4.69) is 72.5 Å². The summed E-state index contributed by atoms with van der Waals surface area (Å²) in [4.78, 5) is 12.0. The summed E-state index contributed by atoms with van der Waals surface area (Å²) in [6, 6.07) is 20.8. The molecular weight excluding hydrogens is 264 g/mol. The Labute approximate surface area is 123 Å². The van der Waals surface area contributed by atoms with E-state index in [0.29, 0.717) is 0 Å². The van der Waals surface area contributed by atoms with Gasteiger partial charge >= 0.3 is 0 Å². The molecule has 2 aromatic carbocycles. The Kier molecular flexibility index (Phi) is 1.90. The van der Waals surface area contributed by atoms with Crippen LogP contribution in [0.5, 0.6) is 0 Å². The molecule has 4 atom stereocenters. The lowest BCUT2D eigenvalue weighted by molar-refractivity contribution is -0.0505. The van der Waals surface area contributed by atoms with Crippen molar-refractivity contribution in [2.45, 2.75) is 31.0 Å². The number of benzene rings is 2. The van der Waals surface area contributed by atoms with E-state index >= 15 is 0 Å². The minimum atomic E-state index is -0.508. The van der Waals surface area contributed by atoms with E-state index in [1.165, 1.54) is 0 Å². The molecule has 3 fully saturated rings. The summed E-state index contributed by atoms with van der Waals surface area (Å²) >= 11 is 0. The zero-order chi connectivity index (χ0) is 14.3. The van der Waals surface area contributed by atoms with E-state index in [4.69, 9.17) is 9.68 Å². The largest absolute Gasteiger partial charge is 0.264 e. The third kappa shape index (κ3) is 1.14. The van der Waals surface area contributed by atoms with Gasteiger partial charge in [0.2, 0.25) is 11.4 Å². The maximum atomic E-state index is 5.99. The van der Waals surface area contributed by atoms with Crippen LogP contribution in [0.3, 0.4) is 0 Å². The Hall–Kier alpha value is -1.72. The molecule has 0 bridgehead atoms. The van der Waals surface area contributed by atoms with Crippen molar-refractivity contribution >= 4 is 0 Å². The van der Waals surface area contributed by atoms with Crippen molar-refractivity contribution in [1.29, 1.82) is 0 Å². The lowest BCUT2D eigenvalue weighted by Crippen LogP contribution is -2.42. The Balaban J connectivity index is 1.79. The summed E-state index contributed by atoms with van der Waals surface area (Å²) in [5.74, 6) is 0. The van der Waals surface area contributed by atoms with E-state index in [0.717, 1.165) is 11.1 Å². The van der Waals surface area contributed by atoms with Crippen LogP contribution < -0.4 is 0 Å². The first-order valence-electron chi connectivity index (χ1n) is 7.24. The number of hydrogen-bond donors (Lipinski definition) is 0. The molecule has 0 aliphatic carbocycles. The number of hydrogen-bond acceptors (Lipinski definition) is 4. The summed E-state index contributed by atoms with van der Waals surface area (Å²) < 4.78 is 0. The Morgan fingerprint density at radius 2 is 1.05 bits per heavy atom. The second kappa shape index (κ2) is 3.36. The van der Waals surface area contributed by atoms with E-state index in [9.17, 15) is 0 Å². The van der Waals surface area contributed by atoms with E-state index < -0.39 is 17.1 Å². The lowest BCUT2D eigenvalue weighted by atomic mass is 9.91. The van der Waals surface area contributed by atoms with Crippen LogP contribution in [-0.4, -0.2) is 21.6 Å². The standard InChI is InChI=1S/C17H16N2O2/c1-15-16(2)19(21-16)17(18(15)20-15,13-9-5-3-6-10-13)14-11-7-4-8-12-14/h3-12H,1-2H3. The quantitative estimate of drug-likeness (QED) is 0.792. The molecule has 3 aliphatic heterocycles. The second-order valence-electron chi connectivity index (χ2n) is 6.14. The van der Waals surface area contributed by atoms with Crippen molar-refractivity contribution < 1.29 is 9.68 Å². The zero-order valence-corrected chi connectivity index (χ0v) is 12.0. The van der Waals surface area contributed by atoms with Gasteiger partial charge in [-0.15, -0.1) is 10.1 Å². The van der Waals surface area contributed by atoms with E-state index in [1.54, 1.807) is 0 Å². The van der Waals surface area contributed by atoms with Crippen molar-refractivity contribution in [2.24, 2.45) is 0 Å². The third-order valence-corrected chi connectivity index (χ3v) is 5.05. The molecule has 21 heavy (non-hydrogen) atoms. The maximum Gasteiger partial charge on any atom is 0.211 e. The van der Waals surface area contributed by atoms with Gasteiger partial charge in [-0.25, -0.2) is 0 Å². The van der Waals surface area contributed by atoms with E-state index in [1.807, 2.05) is 12.1 Å². The highest BCUT2D eigenvalue weighted by molar-refractivity contribution is 5.44. The molecule has 2 aromatic rings. The highest BCUT2D eigenvalue weighted by atomic mass is 17.0. The van der Waals surface area contributed by atoms with Crippen molar-refractivity contribution in [2.75, 3.05) is 0 Å². The summed E-state index contributed by atoms with van der Waals surface area (Å²) in [5, 5.41) is 4.13. The van der Waals surface area contributed by atoms with Crippen LogP contribution in [-0.2, 0) is 15.3 Å². The first-order valence-corrected chi connectivity index (χ1v) is 7.24. The number of hydroxylamine groups is 4. The Bertz CT molecular complexity index is 657. The second-order valence-corrected chi connectivity index (χ2v) is 6.14. The number of rotatable bonds is 2. The molecule has 0 N–H and O–H groups in total. The monoisotopic (exact) mass is 280 g/mol. The molecule has 3 heterocycles. The normalized spacial score (nSPS) is 41.2. The Morgan fingerprint density at radius 3 is 1.43 bits per heavy atom. The van der Waals surface area contributed by atoms with Crippen LogP contribution in [0.15, 0.2) is 60.7 Å². The number of nitrogens with zero attached hydrogens (tertiary/aromatic N) is 2. The molecule has 4 nitrogen and oxygen atoms in total. The van der Waals surface area contributed by atoms with Gasteiger partial charge < -0.3 is 0 Å². The van der Waals surface area contributed by atoms with Gasteiger partial charge in [0, 0.05) is 0 Å². The van der Waals surface area contributed by atoms with Crippen LogP contribution in [0.2, 0.25) is 0 Å². The Morgan fingerprint density at radius 1 is 0.667 bits per heavy atom. The van der Waals surface area contributed by atoms with Crippen molar-refractivity contribution in [3.63, 3.8) is 0 Å². The summed E-state index contributed by atoms with van der Waals surface area (Å²) in [6.07, 6.45) is 0. The molecule has 0 saturated carbocycles. The van der Waals surface area contributed by atoms with Crippen molar-refractivity contribution in [1.82, 2.24) is 10.1 Å². The average molecular weight is 280 g/mol. The van der Waals surface area contributed by atoms with Gasteiger partial charge in [-0.1, -0.05) is 60.7 Å². The highest BCUT2D eigenvalue weighted by Crippen LogP contribution is 2.73. The van der Waals surface area contributed by atoms with Gasteiger partial charge in [0.15, 0.2) is 5.66 Å². The summed E-state index contributed by atoms with van der Waals surface area (Å²) in [7, 11) is 0. The van der Waals surface area contributed by atoms with Gasteiger partial charge in [0.05, 0.1) is 0 Å². The average Bonchev–Trinajstić information content (AvgIpc) is 3.40. The van der Waals surface area contributed by atoms with Gasteiger partial charge in [-0.3, -0.25) is 9.68 Å². The molecule has 3 aliphatic rings. The fourth-order valence-electron chi connectivity index (χ4n) is 3.67. The third-order valence-electron chi connectivity index (χ3n) is 5.05. The molecule has 5 rings (SSSR count). The minimum Gasteiger partial charge on any atom is -0.264 e. The van der Waals surface area contributed by atoms with Gasteiger partial charge in [-0.2, -0.15) is 0 Å². The van der Waals surface area contributed by atoms with Gasteiger partial charge in [-0.05, 0) is 25.0 Å². The topological polar surface area (TPSA) is 31.1 Å². The molecule has 0 radical (unpaired) electrons.